The van der Waals surface area contributed by atoms with Gasteiger partial charge in [-0.05, 0) is 93.3 Å². The Kier molecular flexibility index (Phi) is 8.91. The highest BCUT2D eigenvalue weighted by Crippen LogP contribution is 2.38. The summed E-state index contributed by atoms with van der Waals surface area (Å²) in [4.78, 5) is 25.5. The molecular formula is C36H42F2N6O. The molecule has 1 aromatic carbocycles. The Balaban J connectivity index is 1.27. The number of carbonyl (C=O) groups excluding carboxylic acids is 1. The van der Waals surface area contributed by atoms with E-state index in [4.69, 9.17) is 0 Å². The highest BCUT2D eigenvalue weighted by Gasteiger charge is 2.38. The number of rotatable bonds is 8. The standard InChI is InChI=1S/C36H42F2N6O/c1-22(2)36(38)13-10-32-29(19-36)17-27-16-28(18-30(37)34(27)42-32)35(45)43-33(12-15-44-23(3)6-5-7-24(44)4)25-8-9-31(39-20-25)26-11-14-40-41-21-26/h8-9,11,14,16-18,20-24,33H,5-7,10,12-13,15,19H2,1-4H3,(H,43,45)/t23?,24?,33?,36-/m0/s1. The second-order valence-corrected chi connectivity index (χ2v) is 13.3. The van der Waals surface area contributed by atoms with Crippen molar-refractivity contribution in [2.45, 2.75) is 96.4 Å². The molecule has 0 spiro atoms. The predicted molar refractivity (Wildman–Crippen MR) is 172 cm³/mol. The molecule has 2 aliphatic rings. The summed E-state index contributed by atoms with van der Waals surface area (Å²) in [6.07, 6.45) is 10.4. The molecule has 1 N–H and O–H groups in total. The summed E-state index contributed by atoms with van der Waals surface area (Å²) >= 11 is 0. The van der Waals surface area contributed by atoms with Crippen molar-refractivity contribution in [2.24, 2.45) is 5.92 Å². The molecule has 45 heavy (non-hydrogen) atoms. The Hall–Kier alpha value is -3.85. The van der Waals surface area contributed by atoms with Gasteiger partial charge in [0.1, 0.15) is 17.0 Å². The number of nitrogens with zero attached hydrogens (tertiary/aromatic N) is 5. The SMILES string of the molecule is CC1CCCC(C)N1CCC(NC(=O)c1cc(F)c2nc3c(cc2c1)C[C@](F)(C(C)C)CC3)c1ccc(-c2ccnnc2)nc1. The van der Waals surface area contributed by atoms with Gasteiger partial charge >= 0.3 is 0 Å². The van der Waals surface area contributed by atoms with Crippen LogP contribution in [0.15, 0.2) is 55.0 Å². The third-order valence-corrected chi connectivity index (χ3v) is 10.0. The number of fused-ring (bicyclic) bond motifs is 2. The lowest BCUT2D eigenvalue weighted by Crippen LogP contribution is -2.45. The third-order valence-electron chi connectivity index (χ3n) is 10.0. The van der Waals surface area contributed by atoms with Gasteiger partial charge in [0.05, 0.1) is 24.1 Å². The lowest BCUT2D eigenvalue weighted by atomic mass is 9.77. The molecule has 0 bridgehead atoms. The van der Waals surface area contributed by atoms with Crippen molar-refractivity contribution in [3.05, 3.63) is 83.2 Å². The first-order valence-corrected chi connectivity index (χ1v) is 16.2. The predicted octanol–water partition coefficient (Wildman–Crippen LogP) is 7.20. The Morgan fingerprint density at radius 3 is 2.58 bits per heavy atom. The van der Waals surface area contributed by atoms with Gasteiger partial charge in [0.25, 0.3) is 5.91 Å². The summed E-state index contributed by atoms with van der Waals surface area (Å²) in [6.45, 7) is 9.13. The van der Waals surface area contributed by atoms with Gasteiger partial charge in [-0.15, -0.1) is 0 Å². The van der Waals surface area contributed by atoms with Crippen molar-refractivity contribution in [1.29, 1.82) is 0 Å². The lowest BCUT2D eigenvalue weighted by molar-refractivity contribution is 0.0820. The zero-order valence-corrected chi connectivity index (χ0v) is 26.6. The lowest BCUT2D eigenvalue weighted by Gasteiger charge is -2.39. The molecule has 1 aliphatic heterocycles. The molecule has 4 atom stereocenters. The average molecular weight is 613 g/mol. The number of piperidine rings is 1. The molecule has 9 heteroatoms. The molecule has 4 aromatic rings. The van der Waals surface area contributed by atoms with E-state index in [2.05, 4.69) is 44.2 Å². The number of hydrogen-bond donors (Lipinski definition) is 1. The van der Waals surface area contributed by atoms with Crippen LogP contribution in [-0.4, -0.2) is 55.3 Å². The number of benzene rings is 1. The molecule has 3 unspecified atom stereocenters. The van der Waals surface area contributed by atoms with E-state index in [9.17, 15) is 4.79 Å². The number of carbonyl (C=O) groups is 1. The summed E-state index contributed by atoms with van der Waals surface area (Å²) < 4.78 is 31.0. The van der Waals surface area contributed by atoms with E-state index in [1.807, 2.05) is 38.1 Å². The number of aromatic nitrogens is 4. The van der Waals surface area contributed by atoms with Gasteiger partial charge in [-0.2, -0.15) is 10.2 Å². The smallest absolute Gasteiger partial charge is 0.251 e. The Bertz CT molecular complexity index is 1650. The van der Waals surface area contributed by atoms with Crippen LogP contribution >= 0.6 is 0 Å². The van der Waals surface area contributed by atoms with Crippen LogP contribution in [0.1, 0.15) is 93.0 Å². The molecule has 236 valence electrons. The van der Waals surface area contributed by atoms with E-state index in [0.29, 0.717) is 36.7 Å². The zero-order valence-electron chi connectivity index (χ0n) is 26.6. The Morgan fingerprint density at radius 1 is 1.09 bits per heavy atom. The van der Waals surface area contributed by atoms with E-state index >= 15 is 8.78 Å². The summed E-state index contributed by atoms with van der Waals surface area (Å²) in [5.74, 6) is -1.05. The molecule has 7 nitrogen and oxygen atoms in total. The molecule has 1 saturated heterocycles. The molecule has 0 radical (unpaired) electrons. The molecule has 1 fully saturated rings. The van der Waals surface area contributed by atoms with Crippen molar-refractivity contribution in [3.63, 3.8) is 0 Å². The van der Waals surface area contributed by atoms with Gasteiger partial charge < -0.3 is 5.32 Å². The fourth-order valence-electron chi connectivity index (χ4n) is 7.03. The van der Waals surface area contributed by atoms with E-state index in [-0.39, 0.29) is 35.4 Å². The maximum Gasteiger partial charge on any atom is 0.251 e. The Morgan fingerprint density at radius 2 is 1.89 bits per heavy atom. The number of aryl methyl sites for hydroxylation is 1. The first kappa shape index (κ1) is 31.1. The quantitative estimate of drug-likeness (QED) is 0.227. The van der Waals surface area contributed by atoms with Gasteiger partial charge in [0.15, 0.2) is 0 Å². The number of hydrogen-bond acceptors (Lipinski definition) is 6. The number of alkyl halides is 1. The largest absolute Gasteiger partial charge is 0.345 e. The number of likely N-dealkylation sites (tertiary alicyclic amines) is 1. The van der Waals surface area contributed by atoms with Crippen LogP contribution in [0.4, 0.5) is 8.78 Å². The second kappa shape index (κ2) is 12.9. The average Bonchev–Trinajstić information content (AvgIpc) is 3.03. The summed E-state index contributed by atoms with van der Waals surface area (Å²) in [5, 5.41) is 11.5. The maximum atomic E-state index is 15.6. The van der Waals surface area contributed by atoms with Crippen molar-refractivity contribution < 1.29 is 13.6 Å². The van der Waals surface area contributed by atoms with Crippen LogP contribution in [0.5, 0.6) is 0 Å². The monoisotopic (exact) mass is 612 g/mol. The van der Waals surface area contributed by atoms with Crippen LogP contribution in [-0.2, 0) is 12.8 Å². The van der Waals surface area contributed by atoms with Crippen LogP contribution < -0.4 is 5.32 Å². The van der Waals surface area contributed by atoms with Crippen LogP contribution in [0, 0.1) is 11.7 Å². The Labute approximate surface area is 263 Å². The van der Waals surface area contributed by atoms with Gasteiger partial charge in [0.2, 0.25) is 0 Å². The van der Waals surface area contributed by atoms with Crippen LogP contribution in [0.2, 0.25) is 0 Å². The van der Waals surface area contributed by atoms with Gasteiger partial charge in [0, 0.05) is 53.5 Å². The minimum Gasteiger partial charge on any atom is -0.345 e. The highest BCUT2D eigenvalue weighted by molar-refractivity contribution is 5.98. The molecule has 1 aliphatic carbocycles. The molecular weight excluding hydrogens is 570 g/mol. The zero-order chi connectivity index (χ0) is 31.7. The summed E-state index contributed by atoms with van der Waals surface area (Å²) in [7, 11) is 0. The van der Waals surface area contributed by atoms with Crippen molar-refractivity contribution >= 4 is 16.8 Å². The summed E-state index contributed by atoms with van der Waals surface area (Å²) in [5.41, 5.74) is 3.14. The fourth-order valence-corrected chi connectivity index (χ4v) is 7.03. The van der Waals surface area contributed by atoms with E-state index in [1.54, 1.807) is 24.7 Å². The summed E-state index contributed by atoms with van der Waals surface area (Å²) in [6, 6.07) is 11.1. The maximum absolute atomic E-state index is 15.6. The molecule has 3 aromatic heterocycles. The highest BCUT2D eigenvalue weighted by atomic mass is 19.1. The number of pyridine rings is 2. The number of nitrogens with one attached hydrogen (secondary N) is 1. The fraction of sp³-hybridized carbons (Fsp3) is 0.472. The van der Waals surface area contributed by atoms with Crippen molar-refractivity contribution in [2.75, 3.05) is 6.54 Å². The first-order valence-electron chi connectivity index (χ1n) is 16.2. The van der Waals surface area contributed by atoms with Gasteiger partial charge in [-0.1, -0.05) is 26.3 Å². The molecule has 1 amide bonds. The van der Waals surface area contributed by atoms with Crippen molar-refractivity contribution in [3.8, 4) is 11.3 Å². The molecule has 4 heterocycles. The topological polar surface area (TPSA) is 83.9 Å². The van der Waals surface area contributed by atoms with Crippen LogP contribution in [0.25, 0.3) is 22.2 Å². The number of amides is 1. The van der Waals surface area contributed by atoms with Gasteiger partial charge in [-0.25, -0.2) is 13.8 Å². The minimum atomic E-state index is -1.32. The van der Waals surface area contributed by atoms with Gasteiger partial charge in [-0.3, -0.25) is 14.7 Å². The third kappa shape index (κ3) is 6.59. The van der Waals surface area contributed by atoms with E-state index < -0.39 is 11.5 Å². The number of halogens is 2. The second-order valence-electron chi connectivity index (χ2n) is 13.3. The van der Waals surface area contributed by atoms with E-state index in [1.165, 1.54) is 12.5 Å². The van der Waals surface area contributed by atoms with E-state index in [0.717, 1.165) is 47.5 Å². The van der Waals surface area contributed by atoms with Crippen LogP contribution in [0.3, 0.4) is 0 Å². The van der Waals surface area contributed by atoms with Crippen molar-refractivity contribution in [1.82, 2.24) is 30.4 Å². The molecule has 0 saturated carbocycles. The first-order chi connectivity index (χ1) is 21.6. The molecule has 6 rings (SSSR count). The minimum absolute atomic E-state index is 0.132. The normalized spacial score (nSPS) is 22.7.